The molecule has 2 aromatic rings. The van der Waals surface area contributed by atoms with E-state index in [9.17, 15) is 0 Å². The highest BCUT2D eigenvalue weighted by molar-refractivity contribution is 5.67. The predicted molar refractivity (Wildman–Crippen MR) is 124 cm³/mol. The second kappa shape index (κ2) is 10.9. The summed E-state index contributed by atoms with van der Waals surface area (Å²) in [5, 5.41) is 0. The maximum Gasteiger partial charge on any atom is 0.0493 e. The standard InChI is InChI=1S/C27H37N/c1-7-10-13-22(6)28(27(9-3)21(4)5)20-23-16-18-25(19-17-23)26-15-12-11-14-24(26)8-2/h9,11-12,14-19,21,27H,3,6-8,10,13,20H2,1-2,4-5H3. The van der Waals surface area contributed by atoms with E-state index in [1.165, 1.54) is 40.8 Å². The molecule has 0 saturated heterocycles. The Balaban J connectivity index is 2.24. The number of rotatable bonds is 11. The van der Waals surface area contributed by atoms with Gasteiger partial charge in [-0.05, 0) is 47.4 Å². The van der Waals surface area contributed by atoms with Gasteiger partial charge in [0.15, 0.2) is 0 Å². The molecule has 1 atom stereocenters. The molecule has 150 valence electrons. The van der Waals surface area contributed by atoms with Crippen LogP contribution in [0.15, 0.2) is 73.5 Å². The van der Waals surface area contributed by atoms with Crippen molar-refractivity contribution in [2.45, 2.75) is 66.0 Å². The van der Waals surface area contributed by atoms with E-state index in [4.69, 9.17) is 0 Å². The predicted octanol–water partition coefficient (Wildman–Crippen LogP) is 7.63. The summed E-state index contributed by atoms with van der Waals surface area (Å²) in [6.45, 7) is 18.4. The summed E-state index contributed by atoms with van der Waals surface area (Å²) in [6, 6.07) is 18.1. The Kier molecular flexibility index (Phi) is 8.57. The number of benzene rings is 2. The molecule has 0 bridgehead atoms. The Labute approximate surface area is 172 Å². The third kappa shape index (κ3) is 5.61. The molecule has 2 rings (SSSR count). The summed E-state index contributed by atoms with van der Waals surface area (Å²) in [7, 11) is 0. The van der Waals surface area contributed by atoms with E-state index in [0.717, 1.165) is 19.4 Å². The molecular weight excluding hydrogens is 338 g/mol. The molecule has 1 heteroatoms. The van der Waals surface area contributed by atoms with Crippen molar-refractivity contribution in [3.05, 3.63) is 84.6 Å². The summed E-state index contributed by atoms with van der Waals surface area (Å²) >= 11 is 0. The first-order valence-electron chi connectivity index (χ1n) is 10.8. The van der Waals surface area contributed by atoms with Crippen molar-refractivity contribution in [1.29, 1.82) is 0 Å². The third-order valence-electron chi connectivity index (χ3n) is 5.53. The zero-order valence-electron chi connectivity index (χ0n) is 18.2. The van der Waals surface area contributed by atoms with E-state index < -0.39 is 0 Å². The van der Waals surface area contributed by atoms with Gasteiger partial charge in [0.05, 0.1) is 0 Å². The topological polar surface area (TPSA) is 3.24 Å². The minimum Gasteiger partial charge on any atom is -0.364 e. The van der Waals surface area contributed by atoms with Gasteiger partial charge in [-0.3, -0.25) is 0 Å². The summed E-state index contributed by atoms with van der Waals surface area (Å²) < 4.78 is 0. The molecule has 1 unspecified atom stereocenters. The van der Waals surface area contributed by atoms with Gasteiger partial charge in [-0.2, -0.15) is 0 Å². The van der Waals surface area contributed by atoms with E-state index in [2.05, 4.69) is 100 Å². The van der Waals surface area contributed by atoms with Crippen LogP contribution in [0.3, 0.4) is 0 Å². The number of nitrogens with zero attached hydrogens (tertiary/aromatic N) is 1. The van der Waals surface area contributed by atoms with Gasteiger partial charge in [-0.15, -0.1) is 6.58 Å². The van der Waals surface area contributed by atoms with Crippen LogP contribution in [0.1, 0.15) is 58.1 Å². The summed E-state index contributed by atoms with van der Waals surface area (Å²) in [4.78, 5) is 2.45. The van der Waals surface area contributed by atoms with E-state index >= 15 is 0 Å². The Morgan fingerprint density at radius 1 is 1.04 bits per heavy atom. The minimum atomic E-state index is 0.310. The van der Waals surface area contributed by atoms with Gasteiger partial charge in [0.25, 0.3) is 0 Å². The SMILES string of the molecule is C=CC(C(C)C)N(Cc1ccc(-c2ccccc2CC)cc1)C(=C)CCCC. The first kappa shape index (κ1) is 22.0. The molecule has 0 aliphatic heterocycles. The Hall–Kier alpha value is -2.28. The summed E-state index contributed by atoms with van der Waals surface area (Å²) in [5.41, 5.74) is 6.58. The number of aryl methyl sites for hydroxylation is 1. The number of hydrogen-bond acceptors (Lipinski definition) is 1. The quantitative estimate of drug-likeness (QED) is 0.365. The number of unbranched alkanes of at least 4 members (excludes halogenated alkanes) is 1. The van der Waals surface area contributed by atoms with Crippen molar-refractivity contribution in [1.82, 2.24) is 4.90 Å². The van der Waals surface area contributed by atoms with Crippen molar-refractivity contribution in [3.63, 3.8) is 0 Å². The smallest absolute Gasteiger partial charge is 0.0493 e. The van der Waals surface area contributed by atoms with E-state index in [0.29, 0.717) is 12.0 Å². The minimum absolute atomic E-state index is 0.310. The Morgan fingerprint density at radius 3 is 2.29 bits per heavy atom. The summed E-state index contributed by atoms with van der Waals surface area (Å²) in [6.07, 6.45) is 6.56. The lowest BCUT2D eigenvalue weighted by molar-refractivity contribution is 0.227. The van der Waals surface area contributed by atoms with E-state index in [1.807, 2.05) is 0 Å². The maximum atomic E-state index is 4.41. The van der Waals surface area contributed by atoms with Crippen molar-refractivity contribution in [3.8, 4) is 11.1 Å². The molecule has 0 N–H and O–H groups in total. The zero-order chi connectivity index (χ0) is 20.5. The molecule has 0 aliphatic carbocycles. The van der Waals surface area contributed by atoms with Crippen molar-refractivity contribution >= 4 is 0 Å². The second-order valence-electron chi connectivity index (χ2n) is 7.98. The Bertz CT molecular complexity index is 754. The molecule has 0 radical (unpaired) electrons. The lowest BCUT2D eigenvalue weighted by atomic mass is 9.96. The maximum absolute atomic E-state index is 4.41. The fraction of sp³-hybridized carbons (Fsp3) is 0.407. The highest BCUT2D eigenvalue weighted by Crippen LogP contribution is 2.27. The molecule has 1 nitrogen and oxygen atoms in total. The third-order valence-corrected chi connectivity index (χ3v) is 5.53. The molecule has 2 aromatic carbocycles. The van der Waals surface area contributed by atoms with Gasteiger partial charge in [-0.1, -0.05) is 95.3 Å². The average Bonchev–Trinajstić information content (AvgIpc) is 2.72. The van der Waals surface area contributed by atoms with Crippen LogP contribution in [0.5, 0.6) is 0 Å². The largest absolute Gasteiger partial charge is 0.364 e. The second-order valence-corrected chi connectivity index (χ2v) is 7.98. The van der Waals surface area contributed by atoms with E-state index in [-0.39, 0.29) is 0 Å². The molecule has 0 spiro atoms. The zero-order valence-corrected chi connectivity index (χ0v) is 18.2. The molecular formula is C27H37N. The molecule has 28 heavy (non-hydrogen) atoms. The van der Waals surface area contributed by atoms with Gasteiger partial charge in [-0.25, -0.2) is 0 Å². The number of hydrogen-bond donors (Lipinski definition) is 0. The van der Waals surface area contributed by atoms with Crippen LogP contribution in [0.2, 0.25) is 0 Å². The summed E-state index contributed by atoms with van der Waals surface area (Å²) in [5.74, 6) is 0.506. The monoisotopic (exact) mass is 375 g/mol. The van der Waals surface area contributed by atoms with Crippen LogP contribution in [-0.4, -0.2) is 10.9 Å². The van der Waals surface area contributed by atoms with Crippen LogP contribution in [0.25, 0.3) is 11.1 Å². The molecule has 0 aliphatic rings. The van der Waals surface area contributed by atoms with Gasteiger partial charge in [0.1, 0.15) is 0 Å². The van der Waals surface area contributed by atoms with Crippen LogP contribution in [-0.2, 0) is 13.0 Å². The Morgan fingerprint density at radius 2 is 1.71 bits per heavy atom. The molecule has 0 saturated carbocycles. The fourth-order valence-electron chi connectivity index (χ4n) is 3.81. The fourth-order valence-corrected chi connectivity index (χ4v) is 3.81. The van der Waals surface area contributed by atoms with Crippen molar-refractivity contribution in [2.75, 3.05) is 0 Å². The lowest BCUT2D eigenvalue weighted by Crippen LogP contribution is -2.36. The highest BCUT2D eigenvalue weighted by atomic mass is 15.2. The van der Waals surface area contributed by atoms with Crippen LogP contribution in [0.4, 0.5) is 0 Å². The van der Waals surface area contributed by atoms with Crippen molar-refractivity contribution < 1.29 is 0 Å². The van der Waals surface area contributed by atoms with Gasteiger partial charge in [0, 0.05) is 18.3 Å². The number of allylic oxidation sites excluding steroid dienone is 1. The normalized spacial score (nSPS) is 12.0. The lowest BCUT2D eigenvalue weighted by Gasteiger charge is -2.36. The average molecular weight is 376 g/mol. The first-order valence-corrected chi connectivity index (χ1v) is 10.8. The highest BCUT2D eigenvalue weighted by Gasteiger charge is 2.20. The van der Waals surface area contributed by atoms with Crippen LogP contribution >= 0.6 is 0 Å². The molecule has 0 amide bonds. The van der Waals surface area contributed by atoms with Gasteiger partial charge in [0.2, 0.25) is 0 Å². The first-order chi connectivity index (χ1) is 13.5. The molecule has 0 heterocycles. The van der Waals surface area contributed by atoms with Gasteiger partial charge >= 0.3 is 0 Å². The van der Waals surface area contributed by atoms with Crippen molar-refractivity contribution in [2.24, 2.45) is 5.92 Å². The van der Waals surface area contributed by atoms with Crippen LogP contribution < -0.4 is 0 Å². The van der Waals surface area contributed by atoms with E-state index in [1.54, 1.807) is 0 Å². The van der Waals surface area contributed by atoms with Gasteiger partial charge < -0.3 is 4.90 Å². The van der Waals surface area contributed by atoms with Crippen LogP contribution in [0, 0.1) is 5.92 Å². The molecule has 0 aromatic heterocycles. The molecule has 0 fully saturated rings.